The van der Waals surface area contributed by atoms with Gasteiger partial charge in [-0.1, -0.05) is 246 Å². The summed E-state index contributed by atoms with van der Waals surface area (Å²) in [6.07, 6.45) is 79.5. The van der Waals surface area contributed by atoms with Gasteiger partial charge in [0.1, 0.15) is 6.61 Å². The SMILES string of the molecule is CC/C=C\C/C=C\C/C=C\C/C=C\C/C=C\C/C=C\C/C=C\CCCCCCCCCCCCCCCCCC(=O)OC(CO)COC(=O)CCCCCCC/C=C\CCCCCCCC. The van der Waals surface area contributed by atoms with Crippen LogP contribution in [0.15, 0.2) is 97.2 Å². The molecule has 0 aromatic carbocycles. The lowest BCUT2D eigenvalue weighted by Gasteiger charge is -2.15. The molecule has 0 amide bonds. The van der Waals surface area contributed by atoms with Crippen molar-refractivity contribution in [2.75, 3.05) is 13.2 Å². The summed E-state index contributed by atoms with van der Waals surface area (Å²) >= 11 is 0. The van der Waals surface area contributed by atoms with Crippen LogP contribution in [0.5, 0.6) is 0 Å². The monoisotopic (exact) mass is 917 g/mol. The van der Waals surface area contributed by atoms with E-state index in [0.717, 1.165) is 89.9 Å². The molecule has 5 heteroatoms. The van der Waals surface area contributed by atoms with Gasteiger partial charge in [0, 0.05) is 12.8 Å². The molecule has 0 bridgehead atoms. The van der Waals surface area contributed by atoms with E-state index in [9.17, 15) is 14.7 Å². The Morgan fingerprint density at radius 3 is 1.00 bits per heavy atom. The normalized spacial score (nSPS) is 13.0. The number of carbonyl (C=O) groups excluding carboxylic acids is 2. The standard InChI is InChI=1S/C61H104O5/c1-3-5-7-9-11-13-15-17-19-20-21-22-23-24-25-26-27-28-29-30-31-32-33-34-35-36-37-38-39-40-42-44-46-48-50-52-54-56-61(64)66-59(57-62)58-65-60(63)55-53-51-49-47-45-43-41-18-16-14-12-10-8-6-4-2/h5,7,11,13,17-19,21-22,24-25,27-28,30-31,41,59,62H,3-4,6,8-10,12,14-16,20,23,26,29,32-40,42-58H2,1-2H3/b7-5-,13-11-,19-17-,22-21-,25-24-,28-27-,31-30-,41-18-. The minimum atomic E-state index is -0.779. The van der Waals surface area contributed by atoms with E-state index >= 15 is 0 Å². The molecule has 1 unspecified atom stereocenters. The smallest absolute Gasteiger partial charge is 0.306 e. The molecular weight excluding hydrogens is 813 g/mol. The van der Waals surface area contributed by atoms with Gasteiger partial charge in [0.05, 0.1) is 6.61 Å². The summed E-state index contributed by atoms with van der Waals surface area (Å²) in [5.74, 6) is -0.598. The van der Waals surface area contributed by atoms with Crippen LogP contribution in [0.3, 0.4) is 0 Å². The Kier molecular flexibility index (Phi) is 53.4. The molecule has 66 heavy (non-hydrogen) atoms. The van der Waals surface area contributed by atoms with Gasteiger partial charge < -0.3 is 14.6 Å². The highest BCUT2D eigenvalue weighted by atomic mass is 16.6. The van der Waals surface area contributed by atoms with Crippen LogP contribution in [-0.2, 0) is 19.1 Å². The summed E-state index contributed by atoms with van der Waals surface area (Å²) in [4.78, 5) is 24.4. The third-order valence-electron chi connectivity index (χ3n) is 11.9. The van der Waals surface area contributed by atoms with Crippen LogP contribution in [0, 0.1) is 0 Å². The molecule has 0 aliphatic heterocycles. The lowest BCUT2D eigenvalue weighted by molar-refractivity contribution is -0.161. The molecule has 0 aromatic rings. The molecule has 378 valence electrons. The molecule has 0 fully saturated rings. The number of esters is 2. The lowest BCUT2D eigenvalue weighted by Crippen LogP contribution is -2.28. The van der Waals surface area contributed by atoms with Crippen LogP contribution in [0.4, 0.5) is 0 Å². The first-order valence-corrected chi connectivity index (χ1v) is 27.8. The number of hydrogen-bond donors (Lipinski definition) is 1. The Morgan fingerprint density at radius 1 is 0.364 bits per heavy atom. The first kappa shape index (κ1) is 62.8. The summed E-state index contributed by atoms with van der Waals surface area (Å²) in [5.41, 5.74) is 0. The second kappa shape index (κ2) is 56.1. The molecule has 0 aliphatic carbocycles. The van der Waals surface area contributed by atoms with E-state index in [4.69, 9.17) is 9.47 Å². The molecule has 5 nitrogen and oxygen atoms in total. The number of rotatable bonds is 50. The molecular formula is C61H104O5. The van der Waals surface area contributed by atoms with Gasteiger partial charge in [-0.15, -0.1) is 0 Å². The molecule has 0 spiro atoms. The molecule has 0 aromatic heterocycles. The maximum absolute atomic E-state index is 12.3. The van der Waals surface area contributed by atoms with Gasteiger partial charge in [-0.3, -0.25) is 9.59 Å². The highest BCUT2D eigenvalue weighted by Gasteiger charge is 2.16. The van der Waals surface area contributed by atoms with Gasteiger partial charge in [0.15, 0.2) is 6.10 Å². The van der Waals surface area contributed by atoms with Crippen LogP contribution >= 0.6 is 0 Å². The molecule has 0 heterocycles. The van der Waals surface area contributed by atoms with Crippen molar-refractivity contribution in [3.63, 3.8) is 0 Å². The Balaban J connectivity index is 3.50. The highest BCUT2D eigenvalue weighted by Crippen LogP contribution is 2.15. The van der Waals surface area contributed by atoms with Crippen LogP contribution in [-0.4, -0.2) is 36.4 Å². The van der Waals surface area contributed by atoms with Crippen molar-refractivity contribution in [1.82, 2.24) is 0 Å². The lowest BCUT2D eigenvalue weighted by atomic mass is 10.0. The average Bonchev–Trinajstić information content (AvgIpc) is 3.32. The first-order chi connectivity index (χ1) is 32.6. The zero-order valence-electron chi connectivity index (χ0n) is 43.2. The van der Waals surface area contributed by atoms with E-state index in [0.29, 0.717) is 12.8 Å². The van der Waals surface area contributed by atoms with Crippen LogP contribution < -0.4 is 0 Å². The number of allylic oxidation sites excluding steroid dienone is 16. The van der Waals surface area contributed by atoms with Crippen molar-refractivity contribution < 1.29 is 24.2 Å². The minimum absolute atomic E-state index is 0.0715. The number of aliphatic hydroxyl groups excluding tert-OH is 1. The molecule has 1 atom stereocenters. The summed E-state index contributed by atoms with van der Waals surface area (Å²) in [6, 6.07) is 0. The Morgan fingerprint density at radius 2 is 0.652 bits per heavy atom. The average molecular weight is 917 g/mol. The van der Waals surface area contributed by atoms with Gasteiger partial charge in [-0.05, 0) is 96.3 Å². The molecule has 0 radical (unpaired) electrons. The van der Waals surface area contributed by atoms with E-state index < -0.39 is 6.10 Å². The molecule has 0 rings (SSSR count). The van der Waals surface area contributed by atoms with E-state index in [2.05, 4.69) is 111 Å². The van der Waals surface area contributed by atoms with Crippen molar-refractivity contribution in [1.29, 1.82) is 0 Å². The molecule has 0 aliphatic rings. The topological polar surface area (TPSA) is 72.8 Å². The zero-order valence-corrected chi connectivity index (χ0v) is 43.2. The zero-order chi connectivity index (χ0) is 47.7. The van der Waals surface area contributed by atoms with Crippen LogP contribution in [0.25, 0.3) is 0 Å². The molecule has 0 saturated carbocycles. The third kappa shape index (κ3) is 53.4. The predicted octanol–water partition coefficient (Wildman–Crippen LogP) is 18.7. The summed E-state index contributed by atoms with van der Waals surface area (Å²) in [7, 11) is 0. The van der Waals surface area contributed by atoms with Gasteiger partial charge in [0.2, 0.25) is 0 Å². The van der Waals surface area contributed by atoms with Gasteiger partial charge in [-0.2, -0.15) is 0 Å². The number of unbranched alkanes of at least 4 members (excludes halogenated alkanes) is 26. The molecule has 1 N–H and O–H groups in total. The largest absolute Gasteiger partial charge is 0.462 e. The first-order valence-electron chi connectivity index (χ1n) is 27.8. The fourth-order valence-electron chi connectivity index (χ4n) is 7.71. The van der Waals surface area contributed by atoms with Crippen LogP contribution in [0.1, 0.15) is 258 Å². The number of aliphatic hydroxyl groups is 1. The fraction of sp³-hybridized carbons (Fsp3) is 0.705. The fourth-order valence-corrected chi connectivity index (χ4v) is 7.71. The Bertz CT molecular complexity index is 1270. The maximum atomic E-state index is 12.3. The van der Waals surface area contributed by atoms with Crippen molar-refractivity contribution in [3.05, 3.63) is 97.2 Å². The van der Waals surface area contributed by atoms with E-state index in [1.54, 1.807) is 0 Å². The van der Waals surface area contributed by atoms with Gasteiger partial charge >= 0.3 is 11.9 Å². The Labute approximate surface area is 408 Å². The van der Waals surface area contributed by atoms with Gasteiger partial charge in [0.25, 0.3) is 0 Å². The van der Waals surface area contributed by atoms with Crippen LogP contribution in [0.2, 0.25) is 0 Å². The second-order valence-electron chi connectivity index (χ2n) is 18.3. The predicted molar refractivity (Wildman–Crippen MR) is 288 cm³/mol. The third-order valence-corrected chi connectivity index (χ3v) is 11.9. The molecule has 0 saturated heterocycles. The number of hydrogen-bond acceptors (Lipinski definition) is 5. The van der Waals surface area contributed by atoms with Crippen molar-refractivity contribution >= 4 is 11.9 Å². The van der Waals surface area contributed by atoms with E-state index in [-0.39, 0.29) is 25.2 Å². The van der Waals surface area contributed by atoms with Crippen molar-refractivity contribution in [2.24, 2.45) is 0 Å². The minimum Gasteiger partial charge on any atom is -0.462 e. The summed E-state index contributed by atoms with van der Waals surface area (Å²) in [6.45, 7) is 4.02. The van der Waals surface area contributed by atoms with Gasteiger partial charge in [-0.25, -0.2) is 0 Å². The summed E-state index contributed by atoms with van der Waals surface area (Å²) in [5, 5.41) is 9.63. The second-order valence-corrected chi connectivity index (χ2v) is 18.3. The van der Waals surface area contributed by atoms with Crippen molar-refractivity contribution in [2.45, 2.75) is 264 Å². The maximum Gasteiger partial charge on any atom is 0.306 e. The Hall–Kier alpha value is -3.18. The van der Waals surface area contributed by atoms with Crippen molar-refractivity contribution in [3.8, 4) is 0 Å². The summed E-state index contributed by atoms with van der Waals surface area (Å²) < 4.78 is 10.7. The number of ether oxygens (including phenoxy) is 2. The van der Waals surface area contributed by atoms with E-state index in [1.165, 1.54) is 141 Å². The highest BCUT2D eigenvalue weighted by molar-refractivity contribution is 5.70. The van der Waals surface area contributed by atoms with E-state index in [1.807, 2.05) is 0 Å². The quantitative estimate of drug-likeness (QED) is 0.0374. The number of carbonyl (C=O) groups is 2.